The largest absolute Gasteiger partial charge is 0.374 e. The van der Waals surface area contributed by atoms with E-state index in [0.29, 0.717) is 32.8 Å². The summed E-state index contributed by atoms with van der Waals surface area (Å²) in [6, 6.07) is 52.2. The van der Waals surface area contributed by atoms with E-state index >= 15 is 0 Å². The van der Waals surface area contributed by atoms with Crippen LogP contribution in [-0.2, 0) is 38.8 Å². The van der Waals surface area contributed by atoms with E-state index in [1.54, 1.807) is 0 Å². The van der Waals surface area contributed by atoms with Crippen LogP contribution in [0.3, 0.4) is 0 Å². The minimum atomic E-state index is -0.275. The van der Waals surface area contributed by atoms with Crippen LogP contribution in [-0.4, -0.2) is 24.9 Å². The first kappa shape index (κ1) is 35.3. The molecule has 0 aromatic heterocycles. The van der Waals surface area contributed by atoms with Crippen molar-refractivity contribution >= 4 is 0 Å². The van der Waals surface area contributed by atoms with Gasteiger partial charge in [0.2, 0.25) is 0 Å². The topological polar surface area (TPSA) is 36.9 Å². The van der Waals surface area contributed by atoms with Crippen molar-refractivity contribution < 1.29 is 18.9 Å². The van der Waals surface area contributed by atoms with Gasteiger partial charge >= 0.3 is 0 Å². The second-order valence-electron chi connectivity index (χ2n) is 13.2. The molecule has 0 spiro atoms. The Balaban J connectivity index is 0.000000302. The van der Waals surface area contributed by atoms with Gasteiger partial charge < -0.3 is 18.9 Å². The molecule has 4 heteroatoms. The van der Waals surface area contributed by atoms with Crippen molar-refractivity contribution in [3.63, 3.8) is 0 Å². The number of rotatable bonds is 11. The molecule has 0 bridgehead atoms. The van der Waals surface area contributed by atoms with E-state index in [1.807, 2.05) is 54.6 Å². The predicted molar refractivity (Wildman–Crippen MR) is 202 cm³/mol. The van der Waals surface area contributed by atoms with Gasteiger partial charge in [0.15, 0.2) is 0 Å². The zero-order valence-corrected chi connectivity index (χ0v) is 29.4. The number of ether oxygens (including phenoxy) is 4. The molecule has 0 N–H and O–H groups in total. The first-order valence-corrected chi connectivity index (χ1v) is 17.6. The molecule has 0 saturated carbocycles. The van der Waals surface area contributed by atoms with Gasteiger partial charge in [0.05, 0.1) is 38.6 Å². The zero-order chi connectivity index (χ0) is 34.5. The molecule has 3 unspecified atom stereocenters. The first-order valence-electron chi connectivity index (χ1n) is 17.6. The fourth-order valence-corrected chi connectivity index (χ4v) is 6.65. The van der Waals surface area contributed by atoms with Gasteiger partial charge in [-0.15, -0.1) is 0 Å². The molecule has 4 aromatic rings. The summed E-state index contributed by atoms with van der Waals surface area (Å²) in [5.41, 5.74) is 11.3. The number of benzene rings is 4. The molecule has 0 radical (unpaired) electrons. The first-order chi connectivity index (χ1) is 24.5. The maximum absolute atomic E-state index is 6.72. The van der Waals surface area contributed by atoms with Crippen LogP contribution in [0.2, 0.25) is 0 Å². The van der Waals surface area contributed by atoms with E-state index in [1.165, 1.54) is 27.8 Å². The smallest absolute Gasteiger partial charge is 0.113 e. The fraction of sp³-hybridized carbons (Fsp3) is 0.261. The van der Waals surface area contributed by atoms with Gasteiger partial charge in [0, 0.05) is 6.42 Å². The third-order valence-corrected chi connectivity index (χ3v) is 9.24. The highest BCUT2D eigenvalue weighted by Gasteiger charge is 2.41. The van der Waals surface area contributed by atoms with Crippen molar-refractivity contribution in [1.82, 2.24) is 0 Å². The van der Waals surface area contributed by atoms with E-state index < -0.39 is 0 Å². The molecule has 1 fully saturated rings. The molecule has 3 aliphatic rings. The normalized spacial score (nSPS) is 18.7. The Morgan fingerprint density at radius 2 is 1.06 bits per heavy atom. The minimum absolute atomic E-state index is 0.0995. The molecule has 1 heterocycles. The van der Waals surface area contributed by atoms with E-state index in [4.69, 9.17) is 18.9 Å². The molecule has 256 valence electrons. The molecule has 4 nitrogen and oxygen atoms in total. The second-order valence-corrected chi connectivity index (χ2v) is 13.2. The predicted octanol–water partition coefficient (Wildman–Crippen LogP) is 10.6. The van der Waals surface area contributed by atoms with Gasteiger partial charge in [-0.05, 0) is 65.3 Å². The van der Waals surface area contributed by atoms with Crippen LogP contribution in [0.25, 0.3) is 11.1 Å². The lowest BCUT2D eigenvalue weighted by Gasteiger charge is -2.42. The van der Waals surface area contributed by atoms with Crippen LogP contribution in [0.4, 0.5) is 0 Å². The highest BCUT2D eigenvalue weighted by atomic mass is 16.6. The molecular formula is C46H48O4. The molecule has 50 heavy (non-hydrogen) atoms. The Kier molecular flexibility index (Phi) is 12.6. The maximum atomic E-state index is 6.72. The maximum Gasteiger partial charge on any atom is 0.113 e. The highest BCUT2D eigenvalue weighted by molar-refractivity contribution is 5.73. The van der Waals surface area contributed by atoms with E-state index in [9.17, 15) is 0 Å². The molecule has 4 aromatic carbocycles. The van der Waals surface area contributed by atoms with Crippen molar-refractivity contribution in [1.29, 1.82) is 0 Å². The van der Waals surface area contributed by atoms with Gasteiger partial charge in [0.1, 0.15) is 12.2 Å². The number of aryl methyl sites for hydroxylation is 3. The number of hydrogen-bond donors (Lipinski definition) is 0. The Bertz CT molecular complexity index is 1810. The molecule has 7 rings (SSSR count). The van der Waals surface area contributed by atoms with Crippen molar-refractivity contribution in [2.24, 2.45) is 0 Å². The summed E-state index contributed by atoms with van der Waals surface area (Å²) in [6.07, 6.45) is -0.0791. The summed E-state index contributed by atoms with van der Waals surface area (Å²) < 4.78 is 26.1. The molecule has 0 amide bonds. The molecule has 2 aliphatic carbocycles. The third-order valence-electron chi connectivity index (χ3n) is 9.24. The van der Waals surface area contributed by atoms with Crippen molar-refractivity contribution in [3.05, 3.63) is 191 Å². The lowest BCUT2D eigenvalue weighted by Crippen LogP contribution is -2.50. The average Bonchev–Trinajstić information content (AvgIpc) is 3.28. The molecule has 1 aliphatic heterocycles. The lowest BCUT2D eigenvalue weighted by atomic mass is 9.93. The highest BCUT2D eigenvalue weighted by Crippen LogP contribution is 2.36. The zero-order valence-electron chi connectivity index (χ0n) is 29.4. The van der Waals surface area contributed by atoms with Crippen LogP contribution >= 0.6 is 0 Å². The second kappa shape index (κ2) is 17.9. The van der Waals surface area contributed by atoms with Crippen molar-refractivity contribution in [2.45, 2.75) is 71.4 Å². The Morgan fingerprint density at radius 1 is 0.540 bits per heavy atom. The molecule has 1 saturated heterocycles. The van der Waals surface area contributed by atoms with Crippen molar-refractivity contribution in [2.75, 3.05) is 6.61 Å². The number of fused-ring (bicyclic) bond motifs is 1. The van der Waals surface area contributed by atoms with Crippen LogP contribution in [0, 0.1) is 20.8 Å². The molecular weight excluding hydrogens is 617 g/mol. The van der Waals surface area contributed by atoms with E-state index in [2.05, 4.69) is 118 Å². The van der Waals surface area contributed by atoms with Gasteiger partial charge in [-0.3, -0.25) is 0 Å². The van der Waals surface area contributed by atoms with Crippen LogP contribution in [0.1, 0.15) is 51.5 Å². The van der Waals surface area contributed by atoms with Crippen LogP contribution in [0.5, 0.6) is 0 Å². The standard InChI is InChI=1S/C34H36O4.C12H12/c1-26-12-11-19-30(20-26)31-21-32(36-23-28-15-7-3-8-16-28)34(37-24-29-17-9-4-10-18-29)33(38-31)25-35-22-27-13-5-2-6-14-27;1-9-8-10(2)12-7-5-3-4-6-11(9)12/h2-20,31-34H,21-25H2,1H3;3-8H,1-2H3/t31?,32?,33?,34-;/m0./s1. The van der Waals surface area contributed by atoms with Gasteiger partial charge in [-0.2, -0.15) is 0 Å². The minimum Gasteiger partial charge on any atom is -0.374 e. The summed E-state index contributed by atoms with van der Waals surface area (Å²) in [7, 11) is 0. The fourth-order valence-electron chi connectivity index (χ4n) is 6.65. The van der Waals surface area contributed by atoms with Gasteiger partial charge in [-0.25, -0.2) is 0 Å². The average molecular weight is 665 g/mol. The summed E-state index contributed by atoms with van der Waals surface area (Å²) in [6.45, 7) is 8.39. The summed E-state index contributed by atoms with van der Waals surface area (Å²) in [4.78, 5) is 0. The van der Waals surface area contributed by atoms with E-state index in [0.717, 1.165) is 22.3 Å². The summed E-state index contributed by atoms with van der Waals surface area (Å²) in [5.74, 6) is 0. The van der Waals surface area contributed by atoms with Crippen molar-refractivity contribution in [3.8, 4) is 11.1 Å². The SMILES string of the molecule is Cc1cc(C)c2cccccc1-2.Cc1cccc(C2CC(OCc3ccccc3)[C@H](OCc3ccccc3)C(COCc3ccccc3)O2)c1. The quantitative estimate of drug-likeness (QED) is 0.138. The van der Waals surface area contributed by atoms with Crippen LogP contribution in [0.15, 0.2) is 152 Å². The van der Waals surface area contributed by atoms with E-state index in [-0.39, 0.29) is 24.4 Å². The Labute approximate surface area is 298 Å². The van der Waals surface area contributed by atoms with Gasteiger partial charge in [-0.1, -0.05) is 157 Å². The summed E-state index contributed by atoms with van der Waals surface area (Å²) >= 11 is 0. The Morgan fingerprint density at radius 3 is 1.62 bits per heavy atom. The van der Waals surface area contributed by atoms with Gasteiger partial charge in [0.25, 0.3) is 0 Å². The van der Waals surface area contributed by atoms with Crippen LogP contribution < -0.4 is 0 Å². The molecule has 4 atom stereocenters. The monoisotopic (exact) mass is 664 g/mol. The third kappa shape index (κ3) is 9.77. The lowest BCUT2D eigenvalue weighted by molar-refractivity contribution is -0.222. The summed E-state index contributed by atoms with van der Waals surface area (Å²) in [5, 5.41) is 0. The number of hydrogen-bond acceptors (Lipinski definition) is 4. The Hall–Kier alpha value is -4.58.